The molecule has 1 N–H and O–H groups in total. The number of anilines is 1. The molecule has 0 atom stereocenters. The Labute approximate surface area is 136 Å². The average molecular weight is 323 g/mol. The predicted molar refractivity (Wildman–Crippen MR) is 88.8 cm³/mol. The van der Waals surface area contributed by atoms with Crippen LogP contribution in [0, 0.1) is 5.92 Å². The van der Waals surface area contributed by atoms with E-state index in [2.05, 4.69) is 10.3 Å². The highest BCUT2D eigenvalue weighted by Gasteiger charge is 2.20. The van der Waals surface area contributed by atoms with Crippen molar-refractivity contribution < 1.29 is 9.59 Å². The van der Waals surface area contributed by atoms with Gasteiger partial charge in [-0.15, -0.1) is 11.3 Å². The first-order valence-electron chi connectivity index (χ1n) is 8.16. The van der Waals surface area contributed by atoms with Crippen molar-refractivity contribution in [1.29, 1.82) is 0 Å². The average Bonchev–Trinajstić information content (AvgIpc) is 3.17. The lowest BCUT2D eigenvalue weighted by atomic mass is 10.0. The lowest BCUT2D eigenvalue weighted by Crippen LogP contribution is -2.38. The molecule has 1 aromatic rings. The molecular weight excluding hydrogens is 298 g/mol. The zero-order valence-electron chi connectivity index (χ0n) is 13.2. The van der Waals surface area contributed by atoms with Gasteiger partial charge in [0.1, 0.15) is 0 Å². The predicted octanol–water partition coefficient (Wildman–Crippen LogP) is 3.29. The van der Waals surface area contributed by atoms with E-state index in [4.69, 9.17) is 0 Å². The number of nitrogens with zero attached hydrogens (tertiary/aromatic N) is 2. The number of amides is 2. The Hall–Kier alpha value is -1.43. The van der Waals surface area contributed by atoms with E-state index in [1.807, 2.05) is 12.3 Å². The summed E-state index contributed by atoms with van der Waals surface area (Å²) in [6.45, 7) is 2.78. The van der Waals surface area contributed by atoms with Gasteiger partial charge in [-0.05, 0) is 18.8 Å². The van der Waals surface area contributed by atoms with E-state index in [1.165, 1.54) is 37.0 Å². The van der Waals surface area contributed by atoms with E-state index in [9.17, 15) is 9.59 Å². The van der Waals surface area contributed by atoms with Gasteiger partial charge >= 0.3 is 0 Å². The Morgan fingerprint density at radius 2 is 2.18 bits per heavy atom. The van der Waals surface area contributed by atoms with Crippen LogP contribution in [0.4, 0.5) is 5.13 Å². The fourth-order valence-corrected chi connectivity index (χ4v) is 3.51. The molecule has 0 bridgehead atoms. The van der Waals surface area contributed by atoms with E-state index in [1.54, 1.807) is 11.1 Å². The third-order valence-electron chi connectivity index (χ3n) is 4.10. The summed E-state index contributed by atoms with van der Waals surface area (Å²) < 4.78 is 0. The second-order valence-corrected chi connectivity index (χ2v) is 6.78. The van der Waals surface area contributed by atoms with Crippen LogP contribution in [0.3, 0.4) is 0 Å². The van der Waals surface area contributed by atoms with Crippen molar-refractivity contribution in [2.24, 2.45) is 5.92 Å². The Morgan fingerprint density at radius 3 is 2.82 bits per heavy atom. The number of carbonyl (C=O) groups is 2. The summed E-state index contributed by atoms with van der Waals surface area (Å²) in [6.07, 6.45) is 9.15. The van der Waals surface area contributed by atoms with Crippen molar-refractivity contribution in [3.8, 4) is 0 Å². The van der Waals surface area contributed by atoms with Crippen molar-refractivity contribution >= 4 is 28.3 Å². The highest BCUT2D eigenvalue weighted by Crippen LogP contribution is 2.28. The standard InChI is InChI=1S/C16H25N3O2S/c1-2-10-19(12-14(20)18-16-17-9-11-22-16)15(21)8-7-13-5-3-4-6-13/h9,11,13H,2-8,10,12H2,1H3,(H,17,18,20). The summed E-state index contributed by atoms with van der Waals surface area (Å²) in [4.78, 5) is 30.1. The van der Waals surface area contributed by atoms with E-state index in [0.29, 0.717) is 24.0 Å². The summed E-state index contributed by atoms with van der Waals surface area (Å²) in [6, 6.07) is 0. The third-order valence-corrected chi connectivity index (χ3v) is 4.79. The number of nitrogens with one attached hydrogen (secondary N) is 1. The molecule has 0 aliphatic heterocycles. The van der Waals surface area contributed by atoms with Crippen LogP contribution in [0.25, 0.3) is 0 Å². The maximum Gasteiger partial charge on any atom is 0.245 e. The molecule has 22 heavy (non-hydrogen) atoms. The minimum Gasteiger partial charge on any atom is -0.333 e. The van der Waals surface area contributed by atoms with Crippen LogP contribution in [0.2, 0.25) is 0 Å². The van der Waals surface area contributed by atoms with Crippen LogP contribution < -0.4 is 5.32 Å². The molecular formula is C16H25N3O2S. The van der Waals surface area contributed by atoms with Gasteiger partial charge in [0.05, 0.1) is 6.54 Å². The van der Waals surface area contributed by atoms with Crippen LogP contribution in [0.5, 0.6) is 0 Å². The zero-order chi connectivity index (χ0) is 15.8. The van der Waals surface area contributed by atoms with Gasteiger partial charge in [-0.2, -0.15) is 0 Å². The normalized spacial score (nSPS) is 15.0. The molecule has 122 valence electrons. The van der Waals surface area contributed by atoms with Crippen molar-refractivity contribution in [3.05, 3.63) is 11.6 Å². The molecule has 1 saturated carbocycles. The van der Waals surface area contributed by atoms with Crippen molar-refractivity contribution in [2.45, 2.75) is 51.9 Å². The van der Waals surface area contributed by atoms with Gasteiger partial charge in [0.15, 0.2) is 5.13 Å². The smallest absolute Gasteiger partial charge is 0.245 e. The first-order chi connectivity index (χ1) is 10.7. The molecule has 1 aliphatic carbocycles. The monoisotopic (exact) mass is 323 g/mol. The van der Waals surface area contributed by atoms with E-state index >= 15 is 0 Å². The third kappa shape index (κ3) is 5.40. The molecule has 0 spiro atoms. The molecule has 0 saturated heterocycles. The first-order valence-corrected chi connectivity index (χ1v) is 9.04. The largest absolute Gasteiger partial charge is 0.333 e. The molecule has 0 aromatic carbocycles. The van der Waals surface area contributed by atoms with Gasteiger partial charge in [-0.1, -0.05) is 32.6 Å². The molecule has 6 heteroatoms. The van der Waals surface area contributed by atoms with Crippen LogP contribution in [0.15, 0.2) is 11.6 Å². The second kappa shape index (κ2) is 8.88. The number of rotatable bonds is 8. The van der Waals surface area contributed by atoms with E-state index in [-0.39, 0.29) is 18.4 Å². The molecule has 2 rings (SSSR count). The SMILES string of the molecule is CCCN(CC(=O)Nc1nccs1)C(=O)CCC1CCCC1. The molecule has 1 fully saturated rings. The number of carbonyl (C=O) groups excluding carboxylic acids is 2. The van der Waals surface area contributed by atoms with Crippen LogP contribution in [0.1, 0.15) is 51.9 Å². The Morgan fingerprint density at radius 1 is 1.41 bits per heavy atom. The summed E-state index contributed by atoms with van der Waals surface area (Å²) >= 11 is 1.38. The van der Waals surface area contributed by atoms with Crippen LogP contribution >= 0.6 is 11.3 Å². The van der Waals surface area contributed by atoms with Gasteiger partial charge in [-0.25, -0.2) is 4.98 Å². The van der Waals surface area contributed by atoms with Crippen molar-refractivity contribution in [3.63, 3.8) is 0 Å². The summed E-state index contributed by atoms with van der Waals surface area (Å²) in [5.74, 6) is 0.636. The lowest BCUT2D eigenvalue weighted by molar-refractivity contribution is -0.135. The zero-order valence-corrected chi connectivity index (χ0v) is 14.0. The quantitative estimate of drug-likeness (QED) is 0.798. The van der Waals surface area contributed by atoms with Gasteiger partial charge in [0.25, 0.3) is 0 Å². The van der Waals surface area contributed by atoms with Crippen LogP contribution in [-0.2, 0) is 9.59 Å². The second-order valence-electron chi connectivity index (χ2n) is 5.89. The molecule has 0 radical (unpaired) electrons. The number of hydrogen-bond donors (Lipinski definition) is 1. The molecule has 5 nitrogen and oxygen atoms in total. The number of thiazole rings is 1. The van der Waals surface area contributed by atoms with Crippen LogP contribution in [-0.4, -0.2) is 34.8 Å². The molecule has 1 aliphatic rings. The molecule has 0 unspecified atom stereocenters. The molecule has 1 aromatic heterocycles. The van der Waals surface area contributed by atoms with Gasteiger partial charge in [0, 0.05) is 24.5 Å². The molecule has 2 amide bonds. The fraction of sp³-hybridized carbons (Fsp3) is 0.688. The maximum absolute atomic E-state index is 12.4. The van der Waals surface area contributed by atoms with Crippen molar-refractivity contribution in [2.75, 3.05) is 18.4 Å². The van der Waals surface area contributed by atoms with E-state index in [0.717, 1.165) is 12.8 Å². The van der Waals surface area contributed by atoms with Crippen molar-refractivity contribution in [1.82, 2.24) is 9.88 Å². The summed E-state index contributed by atoms with van der Waals surface area (Å²) in [5, 5.41) is 5.13. The highest BCUT2D eigenvalue weighted by molar-refractivity contribution is 7.13. The van der Waals surface area contributed by atoms with Gasteiger partial charge in [-0.3, -0.25) is 9.59 Å². The summed E-state index contributed by atoms with van der Waals surface area (Å²) in [5.41, 5.74) is 0. The topological polar surface area (TPSA) is 62.3 Å². The van der Waals surface area contributed by atoms with Gasteiger partial charge in [0.2, 0.25) is 11.8 Å². The molecule has 1 heterocycles. The Bertz CT molecular complexity index is 470. The lowest BCUT2D eigenvalue weighted by Gasteiger charge is -2.22. The number of hydrogen-bond acceptors (Lipinski definition) is 4. The fourth-order valence-electron chi connectivity index (χ4n) is 2.96. The van der Waals surface area contributed by atoms with E-state index < -0.39 is 0 Å². The first kappa shape index (κ1) is 16.9. The minimum absolute atomic E-state index is 0.100. The number of aromatic nitrogens is 1. The minimum atomic E-state index is -0.169. The maximum atomic E-state index is 12.4. The summed E-state index contributed by atoms with van der Waals surface area (Å²) in [7, 11) is 0. The highest BCUT2D eigenvalue weighted by atomic mass is 32.1. The van der Waals surface area contributed by atoms with Gasteiger partial charge < -0.3 is 10.2 Å². The Balaban J connectivity index is 1.79. The Kier molecular flexibility index (Phi) is 6.83.